The highest BCUT2D eigenvalue weighted by Crippen LogP contribution is 2.14. The number of hydrogen-bond donors (Lipinski definition) is 1. The number of benzene rings is 1. The molecule has 0 atom stereocenters. The zero-order valence-electron chi connectivity index (χ0n) is 10.7. The molecule has 19 heavy (non-hydrogen) atoms. The van der Waals surface area contributed by atoms with Crippen LogP contribution in [-0.2, 0) is 0 Å². The smallest absolute Gasteiger partial charge is 0.335 e. The molecule has 1 N–H and O–H groups in total. The predicted octanol–water partition coefficient (Wildman–Crippen LogP) is 0.0129. The second-order valence-corrected chi connectivity index (χ2v) is 4.74. The molecule has 1 aliphatic rings. The molecule has 1 fully saturated rings. The van der Waals surface area contributed by atoms with Crippen molar-refractivity contribution < 1.29 is 9.90 Å². The van der Waals surface area contributed by atoms with Crippen molar-refractivity contribution >= 4 is 17.0 Å². The van der Waals surface area contributed by atoms with Crippen molar-refractivity contribution in [3.8, 4) is 0 Å². The van der Waals surface area contributed by atoms with Crippen LogP contribution in [0.15, 0.2) is 18.2 Å². The van der Waals surface area contributed by atoms with Gasteiger partial charge in [-0.1, -0.05) is 0 Å². The Morgan fingerprint density at radius 2 is 2.00 bits per heavy atom. The molecule has 1 aromatic heterocycles. The van der Waals surface area contributed by atoms with E-state index in [9.17, 15) is 4.79 Å². The van der Waals surface area contributed by atoms with E-state index in [2.05, 4.69) is 27.3 Å². The van der Waals surface area contributed by atoms with Gasteiger partial charge in [0.25, 0.3) is 0 Å². The van der Waals surface area contributed by atoms with Crippen LogP contribution in [0.3, 0.4) is 0 Å². The van der Waals surface area contributed by atoms with E-state index < -0.39 is 5.97 Å². The summed E-state index contributed by atoms with van der Waals surface area (Å²) in [5, 5.41) is 19.3. The monoisotopic (exact) mass is 261 g/mol. The molecule has 3 rings (SSSR count). The Labute approximate surface area is 110 Å². The van der Waals surface area contributed by atoms with Gasteiger partial charge in [-0.3, -0.25) is 5.01 Å². The lowest BCUT2D eigenvalue weighted by atomic mass is 10.2. The van der Waals surface area contributed by atoms with Crippen LogP contribution in [0, 0.1) is 0 Å². The lowest BCUT2D eigenvalue weighted by Gasteiger charge is -2.33. The minimum atomic E-state index is -0.948. The molecule has 0 unspecified atom stereocenters. The fourth-order valence-electron chi connectivity index (χ4n) is 2.24. The third-order valence-corrected chi connectivity index (χ3v) is 3.42. The number of nitrogens with zero attached hydrogens (tertiary/aromatic N) is 5. The zero-order chi connectivity index (χ0) is 13.4. The molecule has 100 valence electrons. The number of aromatic carboxylic acids is 1. The first-order chi connectivity index (χ1) is 9.15. The number of piperazine rings is 1. The Morgan fingerprint density at radius 3 is 2.68 bits per heavy atom. The Morgan fingerprint density at radius 1 is 1.26 bits per heavy atom. The van der Waals surface area contributed by atoms with Crippen LogP contribution in [0.4, 0.5) is 0 Å². The number of hydrogen-bond acceptors (Lipinski definition) is 5. The van der Waals surface area contributed by atoms with Gasteiger partial charge in [0.05, 0.1) is 5.56 Å². The summed E-state index contributed by atoms with van der Waals surface area (Å²) in [6.07, 6.45) is 0. The van der Waals surface area contributed by atoms with Gasteiger partial charge in [0.1, 0.15) is 11.0 Å². The number of carboxylic acids is 1. The highest BCUT2D eigenvalue weighted by molar-refractivity contribution is 5.92. The van der Waals surface area contributed by atoms with Gasteiger partial charge < -0.3 is 10.0 Å². The first kappa shape index (κ1) is 11.9. The first-order valence-electron chi connectivity index (χ1n) is 6.18. The summed E-state index contributed by atoms with van der Waals surface area (Å²) in [7, 11) is 2.09. The Kier molecular flexibility index (Phi) is 2.83. The Bertz CT molecular complexity index is 616. The van der Waals surface area contributed by atoms with Crippen LogP contribution < -0.4 is 5.01 Å². The van der Waals surface area contributed by atoms with Crippen LogP contribution in [0.1, 0.15) is 10.4 Å². The first-order valence-corrected chi connectivity index (χ1v) is 6.18. The number of aromatic nitrogens is 3. The zero-order valence-corrected chi connectivity index (χ0v) is 10.7. The molecule has 0 aliphatic carbocycles. The Hall–Kier alpha value is -2.15. The number of likely N-dealkylation sites (N-methyl/N-ethyl adjacent to an activating group) is 1. The molecule has 0 saturated carbocycles. The minimum absolute atomic E-state index is 0.234. The average Bonchev–Trinajstić information content (AvgIpc) is 2.82. The van der Waals surface area contributed by atoms with Gasteiger partial charge in [0.2, 0.25) is 0 Å². The number of fused-ring (bicyclic) bond motifs is 1. The van der Waals surface area contributed by atoms with Crippen LogP contribution in [0.2, 0.25) is 0 Å². The largest absolute Gasteiger partial charge is 0.478 e. The van der Waals surface area contributed by atoms with Gasteiger partial charge in [-0.15, -0.1) is 5.10 Å². The number of carbonyl (C=O) groups is 1. The maximum atomic E-state index is 10.9. The van der Waals surface area contributed by atoms with E-state index in [0.29, 0.717) is 5.52 Å². The summed E-state index contributed by atoms with van der Waals surface area (Å²) in [5.41, 5.74) is 1.69. The SMILES string of the molecule is CN1CCN(n2nnc3cc(C(=O)O)ccc32)CC1. The molecular weight excluding hydrogens is 246 g/mol. The van der Waals surface area contributed by atoms with Crippen LogP contribution in [0.25, 0.3) is 11.0 Å². The molecule has 1 aliphatic heterocycles. The third kappa shape index (κ3) is 2.12. The van der Waals surface area contributed by atoms with Crippen molar-refractivity contribution in [2.75, 3.05) is 38.2 Å². The average molecular weight is 261 g/mol. The summed E-state index contributed by atoms with van der Waals surface area (Å²) in [5.74, 6) is -0.948. The van der Waals surface area contributed by atoms with E-state index in [1.165, 1.54) is 0 Å². The summed E-state index contributed by atoms with van der Waals surface area (Å²) < 4.78 is 0. The molecule has 0 radical (unpaired) electrons. The normalized spacial score (nSPS) is 17.0. The van der Waals surface area contributed by atoms with Crippen LogP contribution in [0.5, 0.6) is 0 Å². The lowest BCUT2D eigenvalue weighted by Crippen LogP contribution is -2.50. The van der Waals surface area contributed by atoms with Crippen molar-refractivity contribution in [1.29, 1.82) is 0 Å². The van der Waals surface area contributed by atoms with Crippen molar-refractivity contribution in [2.45, 2.75) is 0 Å². The summed E-state index contributed by atoms with van der Waals surface area (Å²) in [6, 6.07) is 4.90. The fourth-order valence-corrected chi connectivity index (χ4v) is 2.24. The van der Waals surface area contributed by atoms with E-state index in [1.54, 1.807) is 23.0 Å². The molecule has 7 heteroatoms. The lowest BCUT2D eigenvalue weighted by molar-refractivity contribution is 0.0697. The third-order valence-electron chi connectivity index (χ3n) is 3.42. The maximum absolute atomic E-state index is 10.9. The molecule has 1 saturated heterocycles. The van der Waals surface area contributed by atoms with Crippen molar-refractivity contribution in [2.24, 2.45) is 0 Å². The van der Waals surface area contributed by atoms with Gasteiger partial charge in [0, 0.05) is 26.2 Å². The maximum Gasteiger partial charge on any atom is 0.335 e. The minimum Gasteiger partial charge on any atom is -0.478 e. The van der Waals surface area contributed by atoms with Crippen molar-refractivity contribution in [3.05, 3.63) is 23.8 Å². The molecule has 7 nitrogen and oxygen atoms in total. The molecule has 0 spiro atoms. The predicted molar refractivity (Wildman–Crippen MR) is 69.9 cm³/mol. The van der Waals surface area contributed by atoms with E-state index in [4.69, 9.17) is 5.11 Å². The van der Waals surface area contributed by atoms with E-state index in [0.717, 1.165) is 31.7 Å². The second-order valence-electron chi connectivity index (χ2n) is 4.74. The topological polar surface area (TPSA) is 74.5 Å². The molecular formula is C12H15N5O2. The fraction of sp³-hybridized carbons (Fsp3) is 0.417. The molecule has 0 amide bonds. The summed E-state index contributed by atoms with van der Waals surface area (Å²) in [4.78, 5) is 15.0. The van der Waals surface area contributed by atoms with Gasteiger partial charge in [-0.25, -0.2) is 4.79 Å². The number of carboxylic acid groups (broad SMARTS) is 1. The standard InChI is InChI=1S/C12H15N5O2/c1-15-4-6-16(7-5-15)17-11-3-2-9(12(18)19)8-10(11)13-14-17/h2-3,8H,4-7H2,1H3,(H,18,19). The number of rotatable bonds is 2. The van der Waals surface area contributed by atoms with Gasteiger partial charge >= 0.3 is 5.97 Å². The second kappa shape index (κ2) is 4.51. The van der Waals surface area contributed by atoms with Gasteiger partial charge in [0.15, 0.2) is 0 Å². The quantitative estimate of drug-likeness (QED) is 0.821. The van der Waals surface area contributed by atoms with Crippen molar-refractivity contribution in [3.63, 3.8) is 0 Å². The molecule has 0 bridgehead atoms. The Balaban J connectivity index is 1.95. The van der Waals surface area contributed by atoms with Gasteiger partial charge in [-0.05, 0) is 30.5 Å². The van der Waals surface area contributed by atoms with Crippen molar-refractivity contribution in [1.82, 2.24) is 20.0 Å². The van der Waals surface area contributed by atoms with Crippen LogP contribution >= 0.6 is 0 Å². The molecule has 2 heterocycles. The highest BCUT2D eigenvalue weighted by atomic mass is 16.4. The van der Waals surface area contributed by atoms with E-state index in [-0.39, 0.29) is 5.56 Å². The molecule has 1 aromatic carbocycles. The highest BCUT2D eigenvalue weighted by Gasteiger charge is 2.17. The molecule has 2 aromatic rings. The van der Waals surface area contributed by atoms with Gasteiger partial charge in [-0.2, -0.15) is 4.79 Å². The van der Waals surface area contributed by atoms with Crippen LogP contribution in [-0.4, -0.2) is 64.3 Å². The van der Waals surface area contributed by atoms with E-state index >= 15 is 0 Å². The summed E-state index contributed by atoms with van der Waals surface area (Å²) >= 11 is 0. The summed E-state index contributed by atoms with van der Waals surface area (Å²) in [6.45, 7) is 3.73. The van der Waals surface area contributed by atoms with E-state index in [1.807, 2.05) is 0 Å².